The van der Waals surface area contributed by atoms with Crippen molar-refractivity contribution in [1.82, 2.24) is 14.5 Å². The van der Waals surface area contributed by atoms with Crippen LogP contribution in [0.5, 0.6) is 5.75 Å². The first-order valence-corrected chi connectivity index (χ1v) is 16.7. The predicted molar refractivity (Wildman–Crippen MR) is 201 cm³/mol. The number of aromatic hydroxyl groups is 1. The lowest BCUT2D eigenvalue weighted by Crippen LogP contribution is -2.11. The first-order valence-electron chi connectivity index (χ1n) is 16.7. The molecule has 0 fully saturated rings. The number of para-hydroxylation sites is 1. The molecule has 240 valence electrons. The maximum absolute atomic E-state index is 11.1. The molecule has 0 aliphatic carbocycles. The summed E-state index contributed by atoms with van der Waals surface area (Å²) < 4.78 is 2.18. The minimum absolute atomic E-state index is 0.00983. The molecule has 0 amide bonds. The summed E-state index contributed by atoms with van der Waals surface area (Å²) in [6.45, 7) is 17.7. The van der Waals surface area contributed by atoms with E-state index in [4.69, 9.17) is 9.97 Å². The Kier molecular flexibility index (Phi) is 7.51. The lowest BCUT2D eigenvalue weighted by Gasteiger charge is -2.22. The smallest absolute Gasteiger partial charge is 0.149 e. The molecule has 1 N–H and O–H groups in total. The molecule has 0 aliphatic heterocycles. The van der Waals surface area contributed by atoms with E-state index in [1.165, 1.54) is 22.1 Å². The molecule has 0 saturated heterocycles. The number of aryl methyl sites for hydroxylation is 2. The standard InChI is InChI=1S/C44H43N3O/c1-27-15-20-39(48)37(23-27)42-46-41-34(13-10-14-38(41)47(42)33-18-16-31(17-19-33)43(3,4)5)29-11-9-12-30(24-29)36-26-32(44(6,7)8)25-35-28(2)21-22-45-40(35)36/h9-26,48H,1-8H3. The molecule has 0 radical (unpaired) electrons. The summed E-state index contributed by atoms with van der Waals surface area (Å²) in [5, 5.41) is 12.3. The van der Waals surface area contributed by atoms with E-state index in [0.29, 0.717) is 11.4 Å². The number of pyridine rings is 1. The van der Waals surface area contributed by atoms with Crippen LogP contribution in [0.3, 0.4) is 0 Å². The zero-order chi connectivity index (χ0) is 34.0. The van der Waals surface area contributed by atoms with Gasteiger partial charge in [-0.2, -0.15) is 0 Å². The van der Waals surface area contributed by atoms with Gasteiger partial charge in [-0.25, -0.2) is 4.98 Å². The second-order valence-electron chi connectivity index (χ2n) is 15.1. The van der Waals surface area contributed by atoms with Crippen molar-refractivity contribution in [2.24, 2.45) is 0 Å². The number of benzene rings is 5. The van der Waals surface area contributed by atoms with Crippen LogP contribution in [0.15, 0.2) is 109 Å². The van der Waals surface area contributed by atoms with Crippen LogP contribution in [-0.4, -0.2) is 19.6 Å². The van der Waals surface area contributed by atoms with E-state index >= 15 is 0 Å². The Labute approximate surface area is 283 Å². The van der Waals surface area contributed by atoms with Gasteiger partial charge in [0, 0.05) is 28.4 Å². The number of rotatable bonds is 4. The Bertz CT molecular complexity index is 2330. The Hall–Kier alpha value is -5.22. The molecule has 0 bridgehead atoms. The molecule has 0 spiro atoms. The molecule has 7 aromatic rings. The fourth-order valence-electron chi connectivity index (χ4n) is 6.61. The normalized spacial score (nSPS) is 12.2. The van der Waals surface area contributed by atoms with E-state index in [0.717, 1.165) is 50.1 Å². The number of phenols is 1. The minimum atomic E-state index is -0.00983. The molecular formula is C44H43N3O. The van der Waals surface area contributed by atoms with Gasteiger partial charge in [-0.3, -0.25) is 9.55 Å². The van der Waals surface area contributed by atoms with E-state index in [2.05, 4.69) is 138 Å². The van der Waals surface area contributed by atoms with Crippen molar-refractivity contribution in [3.8, 4) is 45.1 Å². The van der Waals surface area contributed by atoms with E-state index in [9.17, 15) is 5.11 Å². The summed E-state index contributed by atoms with van der Waals surface area (Å²) in [6.07, 6.45) is 1.91. The van der Waals surface area contributed by atoms with Gasteiger partial charge >= 0.3 is 0 Å². The van der Waals surface area contributed by atoms with Crippen LogP contribution in [0.1, 0.15) is 63.8 Å². The summed E-state index contributed by atoms with van der Waals surface area (Å²) in [5.41, 5.74) is 13.8. The van der Waals surface area contributed by atoms with Crippen LogP contribution in [0.25, 0.3) is 61.3 Å². The fraction of sp³-hybridized carbons (Fsp3) is 0.227. The highest BCUT2D eigenvalue weighted by Crippen LogP contribution is 2.40. The van der Waals surface area contributed by atoms with Gasteiger partial charge in [0.2, 0.25) is 0 Å². The number of nitrogens with zero attached hydrogens (tertiary/aromatic N) is 3. The Morgan fingerprint density at radius 2 is 1.29 bits per heavy atom. The van der Waals surface area contributed by atoms with Gasteiger partial charge in [0.1, 0.15) is 11.6 Å². The van der Waals surface area contributed by atoms with E-state index < -0.39 is 0 Å². The van der Waals surface area contributed by atoms with E-state index in [-0.39, 0.29) is 16.6 Å². The SMILES string of the molecule is Cc1ccc(O)c(-c2nc3c(-c4cccc(-c5cc(C(C)(C)C)cc6c(C)ccnc56)c4)cccc3n2-c2ccc(C(C)(C)C)cc2)c1. The first kappa shape index (κ1) is 31.4. The summed E-state index contributed by atoms with van der Waals surface area (Å²) in [5.74, 6) is 0.919. The average molecular weight is 630 g/mol. The van der Waals surface area contributed by atoms with Crippen LogP contribution in [-0.2, 0) is 10.8 Å². The molecule has 5 aromatic carbocycles. The van der Waals surface area contributed by atoms with Crippen molar-refractivity contribution in [3.63, 3.8) is 0 Å². The summed E-state index contributed by atoms with van der Waals surface area (Å²) >= 11 is 0. The van der Waals surface area contributed by atoms with Gasteiger partial charge < -0.3 is 5.11 Å². The number of hydrogen-bond acceptors (Lipinski definition) is 3. The van der Waals surface area contributed by atoms with Crippen LogP contribution in [0.4, 0.5) is 0 Å². The van der Waals surface area contributed by atoms with Gasteiger partial charge in [-0.1, -0.05) is 95.6 Å². The van der Waals surface area contributed by atoms with Crippen molar-refractivity contribution >= 4 is 21.9 Å². The average Bonchev–Trinajstić information content (AvgIpc) is 3.44. The maximum atomic E-state index is 11.1. The molecule has 7 rings (SSSR count). The highest BCUT2D eigenvalue weighted by molar-refractivity contribution is 5.99. The second kappa shape index (κ2) is 11.5. The van der Waals surface area contributed by atoms with Gasteiger partial charge in [0.25, 0.3) is 0 Å². The van der Waals surface area contributed by atoms with Crippen molar-refractivity contribution in [1.29, 1.82) is 0 Å². The number of phenolic OH excluding ortho intramolecular Hbond substituents is 1. The zero-order valence-electron chi connectivity index (χ0n) is 29.2. The highest BCUT2D eigenvalue weighted by Gasteiger charge is 2.22. The molecule has 2 aromatic heterocycles. The monoisotopic (exact) mass is 629 g/mol. The minimum Gasteiger partial charge on any atom is -0.507 e. The quantitative estimate of drug-likeness (QED) is 0.211. The van der Waals surface area contributed by atoms with Crippen molar-refractivity contribution in [2.75, 3.05) is 0 Å². The maximum Gasteiger partial charge on any atom is 0.149 e. The molecule has 2 heterocycles. The first-order chi connectivity index (χ1) is 22.8. The van der Waals surface area contributed by atoms with Crippen LogP contribution >= 0.6 is 0 Å². The van der Waals surface area contributed by atoms with Crippen LogP contribution < -0.4 is 0 Å². The third-order valence-electron chi connectivity index (χ3n) is 9.48. The molecule has 0 atom stereocenters. The van der Waals surface area contributed by atoms with Gasteiger partial charge in [0.05, 0.1) is 22.1 Å². The van der Waals surface area contributed by atoms with Gasteiger partial charge in [-0.15, -0.1) is 0 Å². The lowest BCUT2D eigenvalue weighted by molar-refractivity contribution is 0.476. The molecular weight excluding hydrogens is 587 g/mol. The molecule has 0 aliphatic rings. The number of fused-ring (bicyclic) bond motifs is 2. The molecule has 0 unspecified atom stereocenters. The summed E-state index contributed by atoms with van der Waals surface area (Å²) in [6, 6.07) is 36.2. The Morgan fingerprint density at radius 3 is 2.00 bits per heavy atom. The molecule has 4 nitrogen and oxygen atoms in total. The number of hydrogen-bond donors (Lipinski definition) is 1. The number of imidazole rings is 1. The van der Waals surface area contributed by atoms with Gasteiger partial charge in [0.15, 0.2) is 0 Å². The topological polar surface area (TPSA) is 50.9 Å². The van der Waals surface area contributed by atoms with Crippen LogP contribution in [0.2, 0.25) is 0 Å². The van der Waals surface area contributed by atoms with Crippen molar-refractivity contribution in [2.45, 2.75) is 66.2 Å². The van der Waals surface area contributed by atoms with E-state index in [1.54, 1.807) is 6.07 Å². The van der Waals surface area contributed by atoms with Gasteiger partial charge in [-0.05, 0) is 107 Å². The molecule has 48 heavy (non-hydrogen) atoms. The van der Waals surface area contributed by atoms with Crippen molar-refractivity contribution in [3.05, 3.63) is 132 Å². The Morgan fingerprint density at radius 1 is 0.604 bits per heavy atom. The fourth-order valence-corrected chi connectivity index (χ4v) is 6.61. The summed E-state index contributed by atoms with van der Waals surface area (Å²) in [4.78, 5) is 10.2. The summed E-state index contributed by atoms with van der Waals surface area (Å²) in [7, 11) is 0. The lowest BCUT2D eigenvalue weighted by atomic mass is 9.83. The Balaban J connectivity index is 1.46. The molecule has 4 heteroatoms. The van der Waals surface area contributed by atoms with E-state index in [1.807, 2.05) is 25.3 Å². The van der Waals surface area contributed by atoms with Crippen molar-refractivity contribution < 1.29 is 5.11 Å². The second-order valence-corrected chi connectivity index (χ2v) is 15.1. The third kappa shape index (κ3) is 5.56. The largest absolute Gasteiger partial charge is 0.507 e. The highest BCUT2D eigenvalue weighted by atomic mass is 16.3. The predicted octanol–water partition coefficient (Wildman–Crippen LogP) is 11.5. The molecule has 0 saturated carbocycles. The van der Waals surface area contributed by atoms with Crippen LogP contribution in [0, 0.1) is 13.8 Å². The number of aromatic nitrogens is 3. The zero-order valence-corrected chi connectivity index (χ0v) is 29.2. The third-order valence-corrected chi connectivity index (χ3v) is 9.48.